The molecule has 0 aliphatic carbocycles. The lowest BCUT2D eigenvalue weighted by atomic mass is 10.0. The third-order valence-electron chi connectivity index (χ3n) is 5.91. The first-order valence-corrected chi connectivity index (χ1v) is 11.4. The van der Waals surface area contributed by atoms with Gasteiger partial charge in [-0.1, -0.05) is 109 Å². The summed E-state index contributed by atoms with van der Waals surface area (Å²) in [7, 11) is 0. The molecule has 0 saturated carbocycles. The van der Waals surface area contributed by atoms with Crippen molar-refractivity contribution < 1.29 is 4.79 Å². The van der Waals surface area contributed by atoms with Gasteiger partial charge in [-0.2, -0.15) is 0 Å². The Kier molecular flexibility index (Phi) is 6.05. The number of aromatic nitrogens is 1. The Balaban J connectivity index is 1.70. The van der Waals surface area contributed by atoms with E-state index in [0.717, 1.165) is 39.3 Å². The van der Waals surface area contributed by atoms with E-state index in [9.17, 15) is 4.79 Å². The van der Waals surface area contributed by atoms with E-state index >= 15 is 0 Å². The topological polar surface area (TPSA) is 22.0 Å². The highest BCUT2D eigenvalue weighted by molar-refractivity contribution is 6.07. The number of ketones is 1. The van der Waals surface area contributed by atoms with Gasteiger partial charge in [-0.05, 0) is 48.4 Å². The van der Waals surface area contributed by atoms with E-state index in [4.69, 9.17) is 0 Å². The van der Waals surface area contributed by atoms with E-state index in [1.54, 1.807) is 6.08 Å². The number of allylic oxidation sites excluding steroid dienone is 1. The number of aryl methyl sites for hydroxylation is 1. The van der Waals surface area contributed by atoms with Crippen molar-refractivity contribution >= 4 is 11.9 Å². The summed E-state index contributed by atoms with van der Waals surface area (Å²) in [5.41, 5.74) is 8.24. The molecular formula is C32H25NO. The summed E-state index contributed by atoms with van der Waals surface area (Å²) in [5, 5.41) is 0. The summed E-state index contributed by atoms with van der Waals surface area (Å²) in [4.78, 5) is 12.9. The minimum atomic E-state index is -0.00673. The molecule has 0 fully saturated rings. The van der Waals surface area contributed by atoms with E-state index in [2.05, 4.69) is 71.3 Å². The first-order chi connectivity index (χ1) is 16.7. The molecule has 0 radical (unpaired) electrons. The van der Waals surface area contributed by atoms with Crippen molar-refractivity contribution in [3.8, 4) is 28.2 Å². The number of rotatable bonds is 6. The van der Waals surface area contributed by atoms with Gasteiger partial charge in [-0.3, -0.25) is 4.79 Å². The number of nitrogens with zero attached hydrogens (tertiary/aromatic N) is 1. The quantitative estimate of drug-likeness (QED) is 0.194. The molecule has 0 atom stereocenters. The molecule has 2 nitrogen and oxygen atoms in total. The number of carbonyl (C=O) groups is 1. The van der Waals surface area contributed by atoms with Gasteiger partial charge in [0.25, 0.3) is 0 Å². The van der Waals surface area contributed by atoms with Gasteiger partial charge < -0.3 is 4.57 Å². The summed E-state index contributed by atoms with van der Waals surface area (Å²) < 4.78 is 2.28. The highest BCUT2D eigenvalue weighted by Crippen LogP contribution is 2.36. The zero-order valence-corrected chi connectivity index (χ0v) is 19.1. The van der Waals surface area contributed by atoms with E-state index in [1.807, 2.05) is 67.6 Å². The van der Waals surface area contributed by atoms with E-state index in [1.165, 1.54) is 0 Å². The molecule has 0 aliphatic heterocycles. The summed E-state index contributed by atoms with van der Waals surface area (Å²) in [6.45, 7) is 2.02. The number of hydrogen-bond acceptors (Lipinski definition) is 1. The van der Waals surface area contributed by atoms with Gasteiger partial charge in [-0.15, -0.1) is 0 Å². The Morgan fingerprint density at radius 3 is 1.85 bits per heavy atom. The highest BCUT2D eigenvalue weighted by Gasteiger charge is 2.18. The lowest BCUT2D eigenvalue weighted by Gasteiger charge is -2.15. The Bertz CT molecular complexity index is 1430. The summed E-state index contributed by atoms with van der Waals surface area (Å²) >= 11 is 0. The third-order valence-corrected chi connectivity index (χ3v) is 5.91. The fourth-order valence-electron chi connectivity index (χ4n) is 4.19. The van der Waals surface area contributed by atoms with Crippen LogP contribution >= 0.6 is 0 Å². The molecule has 5 aromatic rings. The van der Waals surface area contributed by atoms with Crippen molar-refractivity contribution in [3.05, 3.63) is 144 Å². The van der Waals surface area contributed by atoms with Gasteiger partial charge in [0.15, 0.2) is 5.78 Å². The molecule has 34 heavy (non-hydrogen) atoms. The van der Waals surface area contributed by atoms with Crippen LogP contribution in [0.15, 0.2) is 127 Å². The first kappa shape index (κ1) is 21.4. The molecule has 4 aromatic carbocycles. The normalized spacial score (nSPS) is 11.1. The van der Waals surface area contributed by atoms with E-state index < -0.39 is 0 Å². The van der Waals surface area contributed by atoms with Gasteiger partial charge >= 0.3 is 0 Å². The Morgan fingerprint density at radius 2 is 1.24 bits per heavy atom. The van der Waals surface area contributed by atoms with Crippen LogP contribution in [-0.2, 0) is 0 Å². The zero-order chi connectivity index (χ0) is 23.3. The van der Waals surface area contributed by atoms with Crippen LogP contribution in [0.2, 0.25) is 0 Å². The molecular weight excluding hydrogens is 414 g/mol. The number of carbonyl (C=O) groups excluding carboxylic acids is 1. The van der Waals surface area contributed by atoms with Crippen molar-refractivity contribution in [1.29, 1.82) is 0 Å². The van der Waals surface area contributed by atoms with Crippen LogP contribution in [-0.4, -0.2) is 10.4 Å². The molecule has 0 spiro atoms. The molecule has 0 bridgehead atoms. The summed E-state index contributed by atoms with van der Waals surface area (Å²) in [6, 6.07) is 40.9. The fraction of sp³-hybridized carbons (Fsp3) is 0.0312. The van der Waals surface area contributed by atoms with Crippen LogP contribution < -0.4 is 0 Å². The first-order valence-electron chi connectivity index (χ1n) is 11.4. The molecule has 5 rings (SSSR count). The van der Waals surface area contributed by atoms with Gasteiger partial charge in [0.05, 0.1) is 11.4 Å². The average Bonchev–Trinajstić information content (AvgIpc) is 3.29. The Hall–Kier alpha value is -4.43. The van der Waals surface area contributed by atoms with Crippen molar-refractivity contribution in [2.75, 3.05) is 0 Å². The van der Waals surface area contributed by atoms with E-state index in [-0.39, 0.29) is 5.78 Å². The SMILES string of the molecule is Cc1ccc(C(=O)/C=C/c2cc(-c3ccccc3)n(-c3ccccc3)c2-c2ccccc2)cc1. The lowest BCUT2D eigenvalue weighted by molar-refractivity contribution is 0.104. The maximum atomic E-state index is 12.9. The molecule has 0 unspecified atom stereocenters. The smallest absolute Gasteiger partial charge is 0.185 e. The van der Waals surface area contributed by atoms with Crippen molar-refractivity contribution in [1.82, 2.24) is 4.57 Å². The molecule has 0 N–H and O–H groups in total. The van der Waals surface area contributed by atoms with Crippen LogP contribution in [0.25, 0.3) is 34.3 Å². The van der Waals surface area contributed by atoms with Crippen LogP contribution in [0.1, 0.15) is 21.5 Å². The second-order valence-corrected chi connectivity index (χ2v) is 8.30. The molecule has 0 amide bonds. The molecule has 164 valence electrons. The third kappa shape index (κ3) is 4.39. The number of para-hydroxylation sites is 1. The van der Waals surface area contributed by atoms with Gasteiger partial charge in [-0.25, -0.2) is 0 Å². The molecule has 0 aliphatic rings. The van der Waals surface area contributed by atoms with Crippen molar-refractivity contribution in [3.63, 3.8) is 0 Å². The Labute approximate surface area is 200 Å². The standard InChI is InChI=1S/C32H25NO/c1-24-17-19-26(20-18-24)31(34)22-21-28-23-30(25-11-5-2-6-12-25)33(29-15-9-4-10-16-29)32(28)27-13-7-3-8-14-27/h2-23H,1H3/b22-21+. The minimum absolute atomic E-state index is 0.00673. The monoisotopic (exact) mass is 439 g/mol. The molecule has 0 saturated heterocycles. The van der Waals surface area contributed by atoms with Crippen LogP contribution in [0, 0.1) is 6.92 Å². The minimum Gasteiger partial charge on any atom is -0.309 e. The molecule has 2 heteroatoms. The van der Waals surface area contributed by atoms with Crippen LogP contribution in [0.3, 0.4) is 0 Å². The van der Waals surface area contributed by atoms with E-state index in [0.29, 0.717) is 5.56 Å². The van der Waals surface area contributed by atoms with Gasteiger partial charge in [0.2, 0.25) is 0 Å². The fourth-order valence-corrected chi connectivity index (χ4v) is 4.19. The van der Waals surface area contributed by atoms with Crippen LogP contribution in [0.5, 0.6) is 0 Å². The average molecular weight is 440 g/mol. The Morgan fingerprint density at radius 1 is 0.676 bits per heavy atom. The summed E-state index contributed by atoms with van der Waals surface area (Å²) in [6.07, 6.45) is 3.62. The second kappa shape index (κ2) is 9.60. The predicted molar refractivity (Wildman–Crippen MR) is 141 cm³/mol. The van der Waals surface area contributed by atoms with Gasteiger partial charge in [0.1, 0.15) is 0 Å². The maximum absolute atomic E-state index is 12.9. The van der Waals surface area contributed by atoms with Gasteiger partial charge in [0, 0.05) is 16.8 Å². The lowest BCUT2D eigenvalue weighted by Crippen LogP contribution is -2.00. The maximum Gasteiger partial charge on any atom is 0.185 e. The van der Waals surface area contributed by atoms with Crippen molar-refractivity contribution in [2.24, 2.45) is 0 Å². The highest BCUT2D eigenvalue weighted by atomic mass is 16.1. The second-order valence-electron chi connectivity index (χ2n) is 8.30. The van der Waals surface area contributed by atoms with Crippen molar-refractivity contribution in [2.45, 2.75) is 6.92 Å². The van der Waals surface area contributed by atoms with Crippen LogP contribution in [0.4, 0.5) is 0 Å². The number of hydrogen-bond donors (Lipinski definition) is 0. The number of benzene rings is 4. The molecule has 1 aromatic heterocycles. The zero-order valence-electron chi connectivity index (χ0n) is 19.1. The molecule has 1 heterocycles. The largest absolute Gasteiger partial charge is 0.309 e. The summed E-state index contributed by atoms with van der Waals surface area (Å²) in [5.74, 6) is -0.00673. The predicted octanol–water partition coefficient (Wildman–Crippen LogP) is 8.02.